The van der Waals surface area contributed by atoms with Crippen LogP contribution in [-0.4, -0.2) is 17.4 Å². The fourth-order valence-corrected chi connectivity index (χ4v) is 2.72. The highest BCUT2D eigenvalue weighted by atomic mass is 79.9. The molecular weight excluding hydrogens is 347 g/mol. The van der Waals surface area contributed by atoms with Crippen molar-refractivity contribution < 1.29 is 4.79 Å². The number of hydrogen-bond acceptors (Lipinski definition) is 2. The van der Waals surface area contributed by atoms with Crippen molar-refractivity contribution in [2.45, 2.75) is 10.2 Å². The lowest BCUT2D eigenvalue weighted by molar-refractivity contribution is -0.118. The highest BCUT2D eigenvalue weighted by Gasteiger charge is 2.48. The smallest absolute Gasteiger partial charge is 0.260 e. The predicted molar refractivity (Wildman–Crippen MR) is 66.8 cm³/mol. The molecule has 0 saturated carbocycles. The van der Waals surface area contributed by atoms with Crippen LogP contribution in [-0.2, 0) is 8.03 Å². The van der Waals surface area contributed by atoms with Gasteiger partial charge in [-0.25, -0.2) is 4.98 Å². The number of halogens is 3. The van der Waals surface area contributed by atoms with Gasteiger partial charge in [0.25, 0.3) is 5.91 Å². The highest BCUT2D eigenvalue weighted by molar-refractivity contribution is 9.25. The summed E-state index contributed by atoms with van der Waals surface area (Å²) in [5.74, 6) is 0.579. The fraction of sp³-hybridized carbons (Fsp3) is 0.333. The Morgan fingerprint density at radius 1 is 1.60 bits per heavy atom. The summed E-state index contributed by atoms with van der Waals surface area (Å²) in [6.45, 7) is 2.48. The largest absolute Gasteiger partial charge is 0.295 e. The van der Waals surface area contributed by atoms with E-state index in [9.17, 15) is 4.79 Å². The number of alkyl halides is 2. The zero-order valence-corrected chi connectivity index (χ0v) is 11.7. The molecule has 2 rings (SSSR count). The average molecular weight is 354 g/mol. The average Bonchev–Trinajstić information content (AvgIpc) is 2.37. The van der Waals surface area contributed by atoms with Crippen molar-refractivity contribution in [3.8, 4) is 0 Å². The van der Waals surface area contributed by atoms with E-state index >= 15 is 0 Å². The number of likely N-dealkylation sites (N-methyl/N-ethyl adjacent to an activating group) is 1. The quantitative estimate of drug-likeness (QED) is 0.727. The summed E-state index contributed by atoms with van der Waals surface area (Å²) in [5.41, 5.74) is 0.752. The van der Waals surface area contributed by atoms with Crippen LogP contribution in [0.3, 0.4) is 0 Å². The Labute approximate surface area is 109 Å². The summed E-state index contributed by atoms with van der Waals surface area (Å²) in [6, 6.07) is 1.74. The van der Waals surface area contributed by atoms with Crippen molar-refractivity contribution in [1.29, 1.82) is 0 Å². The molecule has 1 amide bonds. The van der Waals surface area contributed by atoms with E-state index in [4.69, 9.17) is 11.6 Å². The Morgan fingerprint density at radius 2 is 2.27 bits per heavy atom. The normalized spacial score (nSPS) is 18.1. The minimum Gasteiger partial charge on any atom is -0.295 e. The van der Waals surface area contributed by atoms with Gasteiger partial charge >= 0.3 is 0 Å². The molecular formula is C9H7Br2ClN2O. The minimum absolute atomic E-state index is 0.0743. The summed E-state index contributed by atoms with van der Waals surface area (Å²) in [4.78, 5) is 17.8. The molecule has 6 heteroatoms. The molecule has 0 atom stereocenters. The molecule has 80 valence electrons. The van der Waals surface area contributed by atoms with Crippen LogP contribution in [0.2, 0.25) is 5.02 Å². The van der Waals surface area contributed by atoms with Crippen molar-refractivity contribution in [2.24, 2.45) is 0 Å². The second kappa shape index (κ2) is 3.71. The molecule has 1 aliphatic rings. The van der Waals surface area contributed by atoms with Crippen molar-refractivity contribution in [3.05, 3.63) is 22.8 Å². The monoisotopic (exact) mass is 352 g/mol. The van der Waals surface area contributed by atoms with Gasteiger partial charge in [0.1, 0.15) is 5.82 Å². The van der Waals surface area contributed by atoms with Crippen LogP contribution in [0, 0.1) is 0 Å². The molecule has 1 aromatic heterocycles. The van der Waals surface area contributed by atoms with E-state index in [1.54, 1.807) is 11.0 Å². The third kappa shape index (κ3) is 1.61. The molecule has 0 bridgehead atoms. The molecule has 0 aromatic carbocycles. The molecule has 0 aliphatic carbocycles. The number of anilines is 1. The molecule has 15 heavy (non-hydrogen) atoms. The van der Waals surface area contributed by atoms with Crippen LogP contribution in [0.15, 0.2) is 12.3 Å². The lowest BCUT2D eigenvalue weighted by atomic mass is 10.2. The third-order valence-electron chi connectivity index (χ3n) is 2.26. The number of amides is 1. The van der Waals surface area contributed by atoms with E-state index in [-0.39, 0.29) is 5.91 Å². The van der Waals surface area contributed by atoms with Crippen LogP contribution in [0.25, 0.3) is 0 Å². The Hall–Kier alpha value is -0.130. The van der Waals surface area contributed by atoms with Gasteiger partial charge < -0.3 is 0 Å². The van der Waals surface area contributed by atoms with Gasteiger partial charge in [-0.3, -0.25) is 9.69 Å². The Balaban J connectivity index is 2.65. The summed E-state index contributed by atoms with van der Waals surface area (Å²) < 4.78 is -0.886. The molecule has 0 saturated heterocycles. The maximum atomic E-state index is 12.0. The van der Waals surface area contributed by atoms with Gasteiger partial charge in [0.2, 0.25) is 0 Å². The zero-order chi connectivity index (χ0) is 11.2. The maximum Gasteiger partial charge on any atom is 0.260 e. The number of nitrogens with zero attached hydrogens (tertiary/aromatic N) is 2. The van der Waals surface area contributed by atoms with E-state index in [0.717, 1.165) is 5.56 Å². The molecule has 1 aliphatic heterocycles. The molecule has 1 aromatic rings. The summed E-state index contributed by atoms with van der Waals surface area (Å²) in [6.07, 6.45) is 1.54. The van der Waals surface area contributed by atoms with Crippen LogP contribution in [0.1, 0.15) is 12.5 Å². The molecule has 0 unspecified atom stereocenters. The summed E-state index contributed by atoms with van der Waals surface area (Å²) in [7, 11) is 0. The van der Waals surface area contributed by atoms with E-state index < -0.39 is 3.23 Å². The molecule has 0 spiro atoms. The first-order valence-electron chi connectivity index (χ1n) is 4.34. The number of fused-ring (bicyclic) bond motifs is 1. The van der Waals surface area contributed by atoms with E-state index in [1.807, 2.05) is 6.92 Å². The zero-order valence-electron chi connectivity index (χ0n) is 7.80. The van der Waals surface area contributed by atoms with E-state index in [0.29, 0.717) is 17.4 Å². The lowest BCUT2D eigenvalue weighted by Crippen LogP contribution is -2.32. The first-order valence-corrected chi connectivity index (χ1v) is 6.30. The van der Waals surface area contributed by atoms with Crippen LogP contribution < -0.4 is 4.90 Å². The van der Waals surface area contributed by atoms with Gasteiger partial charge in [-0.2, -0.15) is 0 Å². The molecule has 3 nitrogen and oxygen atoms in total. The Bertz CT molecular complexity index is 436. The molecule has 2 heterocycles. The fourth-order valence-electron chi connectivity index (χ4n) is 1.55. The summed E-state index contributed by atoms with van der Waals surface area (Å²) >= 11 is 12.6. The predicted octanol–water partition coefficient (Wildman–Crippen LogP) is 3.04. The van der Waals surface area contributed by atoms with Crippen molar-refractivity contribution in [2.75, 3.05) is 11.4 Å². The molecule has 0 radical (unpaired) electrons. The van der Waals surface area contributed by atoms with Gasteiger partial charge in [0.05, 0.1) is 5.02 Å². The number of rotatable bonds is 1. The Kier molecular flexibility index (Phi) is 2.81. The van der Waals surface area contributed by atoms with Crippen LogP contribution in [0.5, 0.6) is 0 Å². The topological polar surface area (TPSA) is 33.2 Å². The van der Waals surface area contributed by atoms with Gasteiger partial charge in [-0.05, 0) is 13.0 Å². The second-order valence-corrected chi connectivity index (χ2v) is 7.03. The Morgan fingerprint density at radius 3 is 2.87 bits per heavy atom. The van der Waals surface area contributed by atoms with Crippen LogP contribution in [0.4, 0.5) is 5.82 Å². The standard InChI is InChI=1S/C9H7Br2ClN2O/c1-2-14-7-6(3-5(12)4-13-7)9(10,11)8(14)15/h3-4H,2H2,1H3. The number of aromatic nitrogens is 1. The van der Waals surface area contributed by atoms with E-state index in [2.05, 4.69) is 36.8 Å². The highest BCUT2D eigenvalue weighted by Crippen LogP contribution is 2.49. The number of carbonyl (C=O) groups is 1. The van der Waals surface area contributed by atoms with Crippen molar-refractivity contribution >= 4 is 55.2 Å². The number of carbonyl (C=O) groups excluding carboxylic acids is 1. The SMILES string of the molecule is CCN1C(=O)C(Br)(Br)c2cc(Cl)cnc21. The maximum absolute atomic E-state index is 12.0. The van der Waals surface area contributed by atoms with Crippen molar-refractivity contribution in [1.82, 2.24) is 4.98 Å². The lowest BCUT2D eigenvalue weighted by Gasteiger charge is -2.14. The van der Waals surface area contributed by atoms with E-state index in [1.165, 1.54) is 6.20 Å². The second-order valence-electron chi connectivity index (χ2n) is 3.15. The van der Waals surface area contributed by atoms with Gasteiger partial charge in [-0.1, -0.05) is 43.5 Å². The number of pyridine rings is 1. The van der Waals surface area contributed by atoms with Gasteiger partial charge in [-0.15, -0.1) is 0 Å². The molecule has 0 fully saturated rings. The first-order chi connectivity index (χ1) is 6.98. The first kappa shape index (κ1) is 11.4. The third-order valence-corrected chi connectivity index (χ3v) is 4.00. The van der Waals surface area contributed by atoms with Gasteiger partial charge in [0.15, 0.2) is 3.23 Å². The number of hydrogen-bond donors (Lipinski definition) is 0. The minimum atomic E-state index is -0.886. The van der Waals surface area contributed by atoms with Crippen molar-refractivity contribution in [3.63, 3.8) is 0 Å². The summed E-state index contributed by atoms with van der Waals surface area (Å²) in [5, 5.41) is 0.516. The van der Waals surface area contributed by atoms with Gasteiger partial charge in [0, 0.05) is 18.3 Å². The van der Waals surface area contributed by atoms with Crippen LogP contribution >= 0.6 is 43.5 Å². The molecule has 0 N–H and O–H groups in total.